The standard InChI is InChI=1S/C22H29N7O2/c1-14(10-21(23)30)29-15(2)26-19-13-25-17(12-20(19)29)11-16-4-7-24-22(27-16)28-8-5-18(31-3)6-9-28/h4,7,12-14,18H,5-6,8-11H2,1-3H3,(H2,23,30). The van der Waals surface area contributed by atoms with Crippen LogP contribution < -0.4 is 10.6 Å². The Morgan fingerprint density at radius 2 is 2.03 bits per heavy atom. The average molecular weight is 424 g/mol. The number of aryl methyl sites for hydroxylation is 1. The molecule has 31 heavy (non-hydrogen) atoms. The summed E-state index contributed by atoms with van der Waals surface area (Å²) in [5.41, 5.74) is 8.97. The quantitative estimate of drug-likeness (QED) is 0.620. The minimum absolute atomic E-state index is 0.0709. The van der Waals surface area contributed by atoms with Crippen molar-refractivity contribution >= 4 is 22.9 Å². The number of aromatic nitrogens is 5. The Morgan fingerprint density at radius 1 is 1.26 bits per heavy atom. The number of nitrogens with two attached hydrogens (primary N) is 1. The molecular formula is C22H29N7O2. The molecule has 4 heterocycles. The van der Waals surface area contributed by atoms with E-state index in [-0.39, 0.29) is 18.4 Å². The highest BCUT2D eigenvalue weighted by atomic mass is 16.5. The number of imidazole rings is 1. The molecule has 3 aromatic heterocycles. The summed E-state index contributed by atoms with van der Waals surface area (Å²) in [5, 5.41) is 0. The van der Waals surface area contributed by atoms with Crippen LogP contribution in [0, 0.1) is 6.92 Å². The Morgan fingerprint density at radius 3 is 2.74 bits per heavy atom. The van der Waals surface area contributed by atoms with E-state index in [4.69, 9.17) is 15.5 Å². The highest BCUT2D eigenvalue weighted by Crippen LogP contribution is 2.24. The van der Waals surface area contributed by atoms with E-state index >= 15 is 0 Å². The molecule has 1 unspecified atom stereocenters. The maximum atomic E-state index is 11.4. The fraction of sp³-hybridized carbons (Fsp3) is 0.500. The van der Waals surface area contributed by atoms with Gasteiger partial charge in [-0.3, -0.25) is 9.78 Å². The van der Waals surface area contributed by atoms with Crippen LogP contribution in [-0.4, -0.2) is 56.7 Å². The molecule has 1 atom stereocenters. The number of rotatable bonds is 7. The molecule has 164 valence electrons. The van der Waals surface area contributed by atoms with Gasteiger partial charge in [0.2, 0.25) is 11.9 Å². The Balaban J connectivity index is 1.55. The van der Waals surface area contributed by atoms with Crippen molar-refractivity contribution in [1.82, 2.24) is 24.5 Å². The molecule has 3 aromatic rings. The van der Waals surface area contributed by atoms with Crippen LogP contribution in [-0.2, 0) is 16.0 Å². The van der Waals surface area contributed by atoms with E-state index in [1.807, 2.05) is 32.2 Å². The van der Waals surface area contributed by atoms with Crippen molar-refractivity contribution in [3.8, 4) is 0 Å². The summed E-state index contributed by atoms with van der Waals surface area (Å²) < 4.78 is 7.51. The number of nitrogens with zero attached hydrogens (tertiary/aromatic N) is 6. The first-order valence-corrected chi connectivity index (χ1v) is 10.7. The Bertz CT molecular complexity index is 1070. The fourth-order valence-corrected chi connectivity index (χ4v) is 4.31. The van der Waals surface area contributed by atoms with E-state index in [9.17, 15) is 4.79 Å². The number of primary amides is 1. The third-order valence-electron chi connectivity index (χ3n) is 5.87. The lowest BCUT2D eigenvalue weighted by Crippen LogP contribution is -2.37. The number of methoxy groups -OCH3 is 1. The van der Waals surface area contributed by atoms with Crippen molar-refractivity contribution < 1.29 is 9.53 Å². The normalized spacial score (nSPS) is 16.0. The number of carbonyl (C=O) groups is 1. The van der Waals surface area contributed by atoms with Gasteiger partial charge >= 0.3 is 0 Å². The summed E-state index contributed by atoms with van der Waals surface area (Å²) in [7, 11) is 1.77. The fourth-order valence-electron chi connectivity index (χ4n) is 4.31. The second-order valence-corrected chi connectivity index (χ2v) is 8.16. The third-order valence-corrected chi connectivity index (χ3v) is 5.87. The first kappa shape index (κ1) is 21.2. The SMILES string of the molecule is COC1CCN(c2nccc(Cc3cc4c(cn3)nc(C)n4C(C)CC(N)=O)n2)CC1. The summed E-state index contributed by atoms with van der Waals surface area (Å²) in [6.45, 7) is 5.69. The van der Waals surface area contributed by atoms with Gasteiger partial charge in [0.15, 0.2) is 0 Å². The molecule has 1 fully saturated rings. The van der Waals surface area contributed by atoms with Crippen LogP contribution in [0.4, 0.5) is 5.95 Å². The van der Waals surface area contributed by atoms with Crippen LogP contribution in [0.2, 0.25) is 0 Å². The maximum Gasteiger partial charge on any atom is 0.225 e. The molecule has 1 saturated heterocycles. The van der Waals surface area contributed by atoms with Gasteiger partial charge in [-0.05, 0) is 38.8 Å². The topological polar surface area (TPSA) is 112 Å². The Kier molecular flexibility index (Phi) is 6.13. The molecule has 0 aliphatic carbocycles. The van der Waals surface area contributed by atoms with Crippen LogP contribution >= 0.6 is 0 Å². The molecule has 2 N–H and O–H groups in total. The number of piperidine rings is 1. The van der Waals surface area contributed by atoms with Gasteiger partial charge in [-0.15, -0.1) is 0 Å². The van der Waals surface area contributed by atoms with Crippen LogP contribution in [0.3, 0.4) is 0 Å². The van der Waals surface area contributed by atoms with Crippen LogP contribution in [0.5, 0.6) is 0 Å². The van der Waals surface area contributed by atoms with Gasteiger partial charge in [0.05, 0.1) is 23.5 Å². The van der Waals surface area contributed by atoms with E-state index in [0.29, 0.717) is 12.5 Å². The van der Waals surface area contributed by atoms with Gasteiger partial charge in [0, 0.05) is 51.0 Å². The zero-order valence-corrected chi connectivity index (χ0v) is 18.3. The summed E-state index contributed by atoms with van der Waals surface area (Å²) in [5.74, 6) is 1.27. The number of anilines is 1. The monoisotopic (exact) mass is 423 g/mol. The summed E-state index contributed by atoms with van der Waals surface area (Å²) >= 11 is 0. The van der Waals surface area contributed by atoms with Gasteiger partial charge < -0.3 is 19.9 Å². The van der Waals surface area contributed by atoms with Crippen molar-refractivity contribution in [3.63, 3.8) is 0 Å². The number of amides is 1. The first-order chi connectivity index (χ1) is 14.9. The molecule has 9 heteroatoms. The number of ether oxygens (including phenoxy) is 1. The van der Waals surface area contributed by atoms with Crippen molar-refractivity contribution in [2.45, 2.75) is 51.7 Å². The second kappa shape index (κ2) is 8.97. The van der Waals surface area contributed by atoms with Crippen LogP contribution in [0.1, 0.15) is 49.4 Å². The number of carbonyl (C=O) groups excluding carboxylic acids is 1. The number of fused-ring (bicyclic) bond motifs is 1. The van der Waals surface area contributed by atoms with E-state index < -0.39 is 0 Å². The van der Waals surface area contributed by atoms with E-state index in [0.717, 1.165) is 60.1 Å². The van der Waals surface area contributed by atoms with Gasteiger partial charge in [-0.25, -0.2) is 15.0 Å². The van der Waals surface area contributed by atoms with E-state index in [1.165, 1.54) is 0 Å². The molecule has 0 radical (unpaired) electrons. The van der Waals surface area contributed by atoms with Gasteiger partial charge in [-0.2, -0.15) is 0 Å². The van der Waals surface area contributed by atoms with Crippen LogP contribution in [0.25, 0.3) is 11.0 Å². The summed E-state index contributed by atoms with van der Waals surface area (Å²) in [6.07, 6.45) is 6.73. The molecular weight excluding hydrogens is 394 g/mol. The highest BCUT2D eigenvalue weighted by molar-refractivity contribution is 5.77. The molecule has 0 bridgehead atoms. The Hall–Kier alpha value is -3.07. The summed E-state index contributed by atoms with van der Waals surface area (Å²) in [4.78, 5) is 32.0. The average Bonchev–Trinajstić information content (AvgIpc) is 3.08. The zero-order chi connectivity index (χ0) is 22.0. The maximum absolute atomic E-state index is 11.4. The third kappa shape index (κ3) is 4.66. The van der Waals surface area contributed by atoms with E-state index in [2.05, 4.69) is 24.4 Å². The molecule has 1 aliphatic heterocycles. The van der Waals surface area contributed by atoms with Gasteiger partial charge in [0.1, 0.15) is 11.3 Å². The minimum atomic E-state index is -0.328. The molecule has 0 spiro atoms. The van der Waals surface area contributed by atoms with Crippen molar-refractivity contribution in [3.05, 3.63) is 41.7 Å². The number of hydrogen-bond donors (Lipinski definition) is 1. The zero-order valence-electron chi connectivity index (χ0n) is 18.3. The van der Waals surface area contributed by atoms with Crippen molar-refractivity contribution in [2.24, 2.45) is 5.73 Å². The highest BCUT2D eigenvalue weighted by Gasteiger charge is 2.21. The predicted molar refractivity (Wildman–Crippen MR) is 118 cm³/mol. The van der Waals surface area contributed by atoms with Gasteiger partial charge in [0.25, 0.3) is 0 Å². The molecule has 0 saturated carbocycles. The molecule has 1 amide bonds. The molecule has 0 aromatic carbocycles. The van der Waals surface area contributed by atoms with Crippen LogP contribution in [0.15, 0.2) is 24.5 Å². The Labute approximate surface area is 181 Å². The lowest BCUT2D eigenvalue weighted by molar-refractivity contribution is -0.118. The predicted octanol–water partition coefficient (Wildman–Crippen LogP) is 2.17. The smallest absolute Gasteiger partial charge is 0.225 e. The molecule has 9 nitrogen and oxygen atoms in total. The number of hydrogen-bond acceptors (Lipinski definition) is 7. The second-order valence-electron chi connectivity index (χ2n) is 8.16. The number of pyridine rings is 1. The molecule has 4 rings (SSSR count). The molecule has 1 aliphatic rings. The lowest BCUT2D eigenvalue weighted by Gasteiger charge is -2.31. The minimum Gasteiger partial charge on any atom is -0.381 e. The lowest BCUT2D eigenvalue weighted by atomic mass is 10.1. The van der Waals surface area contributed by atoms with Gasteiger partial charge in [-0.1, -0.05) is 0 Å². The van der Waals surface area contributed by atoms with Crippen molar-refractivity contribution in [1.29, 1.82) is 0 Å². The largest absolute Gasteiger partial charge is 0.381 e. The van der Waals surface area contributed by atoms with E-state index in [1.54, 1.807) is 13.3 Å². The van der Waals surface area contributed by atoms with Crippen molar-refractivity contribution in [2.75, 3.05) is 25.1 Å². The first-order valence-electron chi connectivity index (χ1n) is 10.7. The summed E-state index contributed by atoms with van der Waals surface area (Å²) in [6, 6.07) is 3.88.